The molecule has 0 amide bonds. The molecule has 0 saturated heterocycles. The molecule has 0 atom stereocenters. The van der Waals surface area contributed by atoms with Crippen molar-refractivity contribution in [3.05, 3.63) is 71.9 Å². The Labute approximate surface area is 175 Å². The third kappa shape index (κ3) is 4.04. The monoisotopic (exact) mass is 421 g/mol. The van der Waals surface area contributed by atoms with Gasteiger partial charge < -0.3 is 5.32 Å². The van der Waals surface area contributed by atoms with Crippen LogP contribution in [0.15, 0.2) is 66.0 Å². The van der Waals surface area contributed by atoms with Gasteiger partial charge in [0, 0.05) is 18.4 Å². The van der Waals surface area contributed by atoms with Gasteiger partial charge in [-0.05, 0) is 22.6 Å². The van der Waals surface area contributed by atoms with E-state index in [4.69, 9.17) is 0 Å². The average Bonchev–Trinajstić information content (AvgIpc) is 3.17. The van der Waals surface area contributed by atoms with Crippen LogP contribution in [0.5, 0.6) is 0 Å². The Morgan fingerprint density at radius 3 is 2.27 bits per heavy atom. The Morgan fingerprint density at radius 1 is 0.967 bits per heavy atom. The smallest absolute Gasteiger partial charge is 0.252 e. The molecule has 0 bridgehead atoms. The minimum absolute atomic E-state index is 0.156. The van der Waals surface area contributed by atoms with E-state index < -0.39 is 9.84 Å². The van der Waals surface area contributed by atoms with Gasteiger partial charge in [0.2, 0.25) is 15.8 Å². The Morgan fingerprint density at radius 2 is 1.63 bits per heavy atom. The summed E-state index contributed by atoms with van der Waals surface area (Å²) in [4.78, 5) is 8.47. The van der Waals surface area contributed by atoms with E-state index in [1.165, 1.54) is 0 Å². The molecule has 0 saturated carbocycles. The van der Waals surface area contributed by atoms with E-state index >= 15 is 0 Å². The number of nitrogens with zero attached hydrogens (tertiary/aromatic N) is 4. The fraction of sp³-hybridized carbons (Fsp3) is 0.227. The highest BCUT2D eigenvalue weighted by Crippen LogP contribution is 2.23. The second kappa shape index (κ2) is 7.87. The Bertz CT molecular complexity index is 1280. The minimum Gasteiger partial charge on any atom is -0.350 e. The lowest BCUT2D eigenvalue weighted by Crippen LogP contribution is -2.13. The SMILES string of the molecule is CC(C)c1cnn2c(NCc3ccc(-c4ccccc4)cc3)nc(S(C)(=O)=O)nc12. The summed E-state index contributed by atoms with van der Waals surface area (Å²) in [6, 6.07) is 18.4. The summed E-state index contributed by atoms with van der Waals surface area (Å²) >= 11 is 0. The minimum atomic E-state index is -3.56. The number of hydrogen-bond acceptors (Lipinski definition) is 6. The zero-order chi connectivity index (χ0) is 21.3. The van der Waals surface area contributed by atoms with Crippen molar-refractivity contribution in [2.75, 3.05) is 11.6 Å². The normalized spacial score (nSPS) is 11.9. The van der Waals surface area contributed by atoms with Crippen molar-refractivity contribution in [2.45, 2.75) is 31.5 Å². The maximum Gasteiger partial charge on any atom is 0.252 e. The van der Waals surface area contributed by atoms with E-state index in [-0.39, 0.29) is 11.1 Å². The second-order valence-corrected chi connectivity index (χ2v) is 9.42. The summed E-state index contributed by atoms with van der Waals surface area (Å²) in [5.74, 6) is 0.502. The van der Waals surface area contributed by atoms with Crippen LogP contribution < -0.4 is 5.32 Å². The van der Waals surface area contributed by atoms with E-state index in [2.05, 4.69) is 44.6 Å². The van der Waals surface area contributed by atoms with Crippen LogP contribution in [0.3, 0.4) is 0 Å². The lowest BCUT2D eigenvalue weighted by Gasteiger charge is -2.10. The molecule has 154 valence electrons. The molecule has 0 aliphatic heterocycles. The molecule has 30 heavy (non-hydrogen) atoms. The molecule has 0 aliphatic carbocycles. The van der Waals surface area contributed by atoms with Gasteiger partial charge in [-0.3, -0.25) is 0 Å². The van der Waals surface area contributed by atoms with E-state index in [1.807, 2.05) is 44.2 Å². The topological polar surface area (TPSA) is 89.2 Å². The van der Waals surface area contributed by atoms with Crippen LogP contribution in [0.2, 0.25) is 0 Å². The summed E-state index contributed by atoms with van der Waals surface area (Å²) in [5, 5.41) is 7.37. The average molecular weight is 422 g/mol. The van der Waals surface area contributed by atoms with Crippen molar-refractivity contribution in [3.8, 4) is 11.1 Å². The molecule has 0 spiro atoms. The third-order valence-electron chi connectivity index (χ3n) is 4.84. The molecule has 0 aliphatic rings. The van der Waals surface area contributed by atoms with Crippen LogP contribution in [0.4, 0.5) is 5.95 Å². The fourth-order valence-corrected chi connectivity index (χ4v) is 3.69. The molecule has 1 N–H and O–H groups in total. The number of fused-ring (bicyclic) bond motifs is 1. The highest BCUT2D eigenvalue weighted by molar-refractivity contribution is 7.90. The van der Waals surface area contributed by atoms with Gasteiger partial charge in [-0.15, -0.1) is 0 Å². The molecule has 8 heteroatoms. The molecule has 2 aromatic carbocycles. The molecule has 0 radical (unpaired) electrons. The molecular weight excluding hydrogens is 398 g/mol. The molecule has 2 heterocycles. The van der Waals surface area contributed by atoms with Crippen LogP contribution in [0.1, 0.15) is 30.9 Å². The predicted molar refractivity (Wildman–Crippen MR) is 117 cm³/mol. The molecule has 0 unspecified atom stereocenters. The van der Waals surface area contributed by atoms with E-state index in [1.54, 1.807) is 10.7 Å². The number of rotatable bonds is 6. The van der Waals surface area contributed by atoms with Crippen molar-refractivity contribution in [1.82, 2.24) is 19.6 Å². The summed E-state index contributed by atoms with van der Waals surface area (Å²) in [6.45, 7) is 4.50. The second-order valence-electron chi connectivity index (χ2n) is 7.51. The maximum atomic E-state index is 12.1. The van der Waals surface area contributed by atoms with Crippen LogP contribution >= 0.6 is 0 Å². The van der Waals surface area contributed by atoms with Crippen LogP contribution in [-0.4, -0.2) is 34.3 Å². The zero-order valence-electron chi connectivity index (χ0n) is 17.1. The maximum absolute atomic E-state index is 12.1. The highest BCUT2D eigenvalue weighted by atomic mass is 32.2. The first-order chi connectivity index (χ1) is 14.3. The quantitative estimate of drug-likeness (QED) is 0.507. The molecular formula is C22H23N5O2S. The van der Waals surface area contributed by atoms with Crippen molar-refractivity contribution >= 4 is 21.4 Å². The van der Waals surface area contributed by atoms with E-state index in [0.717, 1.165) is 28.5 Å². The predicted octanol–water partition coefficient (Wildman–Crippen LogP) is 3.93. The van der Waals surface area contributed by atoms with Crippen molar-refractivity contribution in [2.24, 2.45) is 0 Å². The van der Waals surface area contributed by atoms with Gasteiger partial charge in [-0.25, -0.2) is 8.42 Å². The summed E-state index contributed by atoms with van der Waals surface area (Å²) < 4.78 is 25.7. The first-order valence-corrected chi connectivity index (χ1v) is 11.6. The van der Waals surface area contributed by atoms with E-state index in [0.29, 0.717) is 18.1 Å². The number of sulfone groups is 1. The standard InChI is InChI=1S/C22H23N5O2S/c1-15(2)19-14-24-27-20(19)25-22(30(3,28)29)26-21(27)23-13-16-9-11-18(12-10-16)17-7-5-4-6-8-17/h4-12,14-15H,13H2,1-3H3,(H,23,25,26). The fourth-order valence-electron chi connectivity index (χ4n) is 3.19. The Hall–Kier alpha value is -3.26. The number of anilines is 1. The number of aromatic nitrogens is 4. The molecule has 4 aromatic rings. The largest absolute Gasteiger partial charge is 0.350 e. The molecule has 7 nitrogen and oxygen atoms in total. The third-order valence-corrected chi connectivity index (χ3v) is 5.69. The van der Waals surface area contributed by atoms with Gasteiger partial charge in [0.1, 0.15) is 0 Å². The van der Waals surface area contributed by atoms with Crippen molar-refractivity contribution in [3.63, 3.8) is 0 Å². The van der Waals surface area contributed by atoms with Crippen LogP contribution in [-0.2, 0) is 16.4 Å². The first-order valence-electron chi connectivity index (χ1n) is 9.67. The van der Waals surface area contributed by atoms with Gasteiger partial charge >= 0.3 is 0 Å². The molecule has 2 aromatic heterocycles. The summed E-state index contributed by atoms with van der Waals surface area (Å²) in [7, 11) is -3.56. The molecule has 0 fully saturated rings. The lowest BCUT2D eigenvalue weighted by atomic mass is 10.0. The number of nitrogens with one attached hydrogen (secondary N) is 1. The highest BCUT2D eigenvalue weighted by Gasteiger charge is 2.19. The first kappa shape index (κ1) is 20.0. The van der Waals surface area contributed by atoms with Gasteiger partial charge in [-0.1, -0.05) is 68.4 Å². The van der Waals surface area contributed by atoms with Gasteiger partial charge in [0.05, 0.1) is 6.20 Å². The van der Waals surface area contributed by atoms with Gasteiger partial charge in [0.25, 0.3) is 5.16 Å². The van der Waals surface area contributed by atoms with Crippen LogP contribution in [0, 0.1) is 0 Å². The Kier molecular flexibility index (Phi) is 5.26. The lowest BCUT2D eigenvalue weighted by molar-refractivity contribution is 0.592. The number of benzene rings is 2. The molecule has 4 rings (SSSR count). The van der Waals surface area contributed by atoms with Crippen molar-refractivity contribution in [1.29, 1.82) is 0 Å². The van der Waals surface area contributed by atoms with E-state index in [9.17, 15) is 8.42 Å². The van der Waals surface area contributed by atoms with Crippen LogP contribution in [0.25, 0.3) is 16.8 Å². The summed E-state index contributed by atoms with van der Waals surface area (Å²) in [5.41, 5.74) is 4.71. The van der Waals surface area contributed by atoms with Gasteiger partial charge in [0.15, 0.2) is 5.65 Å². The van der Waals surface area contributed by atoms with Gasteiger partial charge in [-0.2, -0.15) is 19.6 Å². The van der Waals surface area contributed by atoms with Crippen molar-refractivity contribution < 1.29 is 8.42 Å². The zero-order valence-corrected chi connectivity index (χ0v) is 17.9. The number of hydrogen-bond donors (Lipinski definition) is 1. The summed E-state index contributed by atoms with van der Waals surface area (Å²) in [6.07, 6.45) is 2.82. The Balaban J connectivity index is 1.63.